The third kappa shape index (κ3) is 4.24. The van der Waals surface area contributed by atoms with E-state index in [1.54, 1.807) is 55.6 Å². The fraction of sp³-hybridized carbons (Fsp3) is 0.0556. The third-order valence-corrected chi connectivity index (χ3v) is 4.92. The molecule has 0 heterocycles. The summed E-state index contributed by atoms with van der Waals surface area (Å²) in [6, 6.07) is 16.9. The number of benzene rings is 2. The maximum Gasteiger partial charge on any atom is 0.208 e. The van der Waals surface area contributed by atoms with Gasteiger partial charge in [0.05, 0.1) is 23.0 Å². The molecule has 2 aromatic rings. The van der Waals surface area contributed by atoms with Crippen LogP contribution in [0.25, 0.3) is 0 Å². The van der Waals surface area contributed by atoms with Crippen LogP contribution >= 0.6 is 0 Å². The van der Waals surface area contributed by atoms with Crippen LogP contribution in [0.5, 0.6) is 5.75 Å². The van der Waals surface area contributed by atoms with E-state index in [0.29, 0.717) is 11.4 Å². The van der Waals surface area contributed by atoms with E-state index in [-0.39, 0.29) is 9.80 Å². The summed E-state index contributed by atoms with van der Waals surface area (Å²) in [6.45, 7) is 0. The van der Waals surface area contributed by atoms with Gasteiger partial charge in [-0.1, -0.05) is 18.2 Å². The molecule has 0 atom stereocenters. The monoisotopic (exact) mass is 340 g/mol. The molecule has 0 saturated carbocycles. The van der Waals surface area contributed by atoms with Crippen molar-refractivity contribution >= 4 is 15.5 Å². The molecule has 0 unspecified atom stereocenters. The van der Waals surface area contributed by atoms with Crippen LogP contribution in [0.4, 0.5) is 5.69 Å². The average molecular weight is 340 g/mol. The second-order valence-electron chi connectivity index (χ2n) is 4.70. The average Bonchev–Trinajstić information content (AvgIpc) is 2.62. The van der Waals surface area contributed by atoms with Gasteiger partial charge in [-0.25, -0.2) is 8.42 Å². The van der Waals surface area contributed by atoms with Crippen molar-refractivity contribution in [2.45, 2.75) is 4.90 Å². The molecular formula is C18H16N2O3S. The van der Waals surface area contributed by atoms with Crippen molar-refractivity contribution in [3.8, 4) is 11.8 Å². The van der Waals surface area contributed by atoms with Gasteiger partial charge < -0.3 is 10.1 Å². The Morgan fingerprint density at radius 3 is 2.38 bits per heavy atom. The summed E-state index contributed by atoms with van der Waals surface area (Å²) >= 11 is 0. The molecule has 0 radical (unpaired) electrons. The van der Waals surface area contributed by atoms with E-state index in [9.17, 15) is 8.42 Å². The Morgan fingerprint density at radius 1 is 1.12 bits per heavy atom. The van der Waals surface area contributed by atoms with Gasteiger partial charge in [0.25, 0.3) is 0 Å². The van der Waals surface area contributed by atoms with Crippen molar-refractivity contribution in [2.75, 3.05) is 12.4 Å². The van der Waals surface area contributed by atoms with Crippen LogP contribution in [-0.2, 0) is 9.84 Å². The number of ether oxygens (including phenoxy) is 1. The Bertz CT molecular complexity index is 878. The summed E-state index contributed by atoms with van der Waals surface area (Å²) in [5.74, 6) is 0.700. The topological polar surface area (TPSA) is 79.2 Å². The van der Waals surface area contributed by atoms with Gasteiger partial charge in [0.1, 0.15) is 5.75 Å². The molecule has 0 spiro atoms. The first-order valence-corrected chi connectivity index (χ1v) is 8.53. The number of nitriles is 1. The molecule has 0 fully saturated rings. The van der Waals surface area contributed by atoms with Crippen LogP contribution in [0, 0.1) is 11.3 Å². The molecule has 122 valence electrons. The normalized spacial score (nSPS) is 11.9. The van der Waals surface area contributed by atoms with E-state index in [1.807, 2.05) is 0 Å². The van der Waals surface area contributed by atoms with Crippen molar-refractivity contribution < 1.29 is 13.2 Å². The predicted molar refractivity (Wildman–Crippen MR) is 93.1 cm³/mol. The summed E-state index contributed by atoms with van der Waals surface area (Å²) in [6.07, 6.45) is 3.75. The maximum absolute atomic E-state index is 12.7. The van der Waals surface area contributed by atoms with E-state index < -0.39 is 9.84 Å². The number of allylic oxidation sites excluding steroid dienone is 2. The first-order chi connectivity index (χ1) is 11.6. The molecule has 0 saturated heterocycles. The summed E-state index contributed by atoms with van der Waals surface area (Å²) < 4.78 is 30.4. The zero-order valence-corrected chi connectivity index (χ0v) is 13.8. The standard InChI is InChI=1S/C18H16N2O3S/c1-23-16-11-9-15(10-12-16)20-14-18(8-5-13-19)24(21,22)17-6-3-2-4-7-17/h2-12,14,20H,1H3/b8-5+,18-14-. The SMILES string of the molecule is COc1ccc(N/C=C(/C=C/C#N)S(=O)(=O)c2ccccc2)cc1. The number of hydrogen-bond donors (Lipinski definition) is 1. The van der Waals surface area contributed by atoms with Gasteiger partial charge in [-0.05, 0) is 42.5 Å². The lowest BCUT2D eigenvalue weighted by Crippen LogP contribution is -2.05. The summed E-state index contributed by atoms with van der Waals surface area (Å²) in [4.78, 5) is 0.154. The van der Waals surface area contributed by atoms with E-state index >= 15 is 0 Å². The molecule has 24 heavy (non-hydrogen) atoms. The Morgan fingerprint density at radius 2 is 1.79 bits per heavy atom. The molecule has 2 aromatic carbocycles. The van der Waals surface area contributed by atoms with Gasteiger partial charge in [0, 0.05) is 18.0 Å². The quantitative estimate of drug-likeness (QED) is 0.643. The highest BCUT2D eigenvalue weighted by molar-refractivity contribution is 7.95. The van der Waals surface area contributed by atoms with Crippen molar-refractivity contribution in [3.63, 3.8) is 0 Å². The van der Waals surface area contributed by atoms with Crippen molar-refractivity contribution in [2.24, 2.45) is 0 Å². The lowest BCUT2D eigenvalue weighted by atomic mass is 10.3. The molecule has 2 rings (SSSR count). The lowest BCUT2D eigenvalue weighted by molar-refractivity contribution is 0.415. The number of rotatable bonds is 6. The van der Waals surface area contributed by atoms with Crippen LogP contribution in [-0.4, -0.2) is 15.5 Å². The minimum absolute atomic E-state index is 0.00827. The highest BCUT2D eigenvalue weighted by Crippen LogP contribution is 2.21. The van der Waals surface area contributed by atoms with Gasteiger partial charge >= 0.3 is 0 Å². The van der Waals surface area contributed by atoms with Crippen molar-refractivity contribution in [1.29, 1.82) is 5.26 Å². The minimum atomic E-state index is -3.72. The van der Waals surface area contributed by atoms with Crippen LogP contribution in [0.3, 0.4) is 0 Å². The Kier molecular flexibility index (Phi) is 5.77. The number of hydrogen-bond acceptors (Lipinski definition) is 5. The third-order valence-electron chi connectivity index (χ3n) is 3.16. The Labute approximate surface area is 141 Å². The van der Waals surface area contributed by atoms with Crippen LogP contribution in [0.15, 0.2) is 82.7 Å². The zero-order valence-electron chi connectivity index (χ0n) is 13.0. The fourth-order valence-electron chi connectivity index (χ4n) is 1.91. The molecule has 0 amide bonds. The molecule has 0 bridgehead atoms. The fourth-order valence-corrected chi connectivity index (χ4v) is 3.16. The van der Waals surface area contributed by atoms with E-state index in [2.05, 4.69) is 5.32 Å². The molecular weight excluding hydrogens is 324 g/mol. The molecule has 5 nitrogen and oxygen atoms in total. The summed E-state index contributed by atoms with van der Waals surface area (Å²) in [5.41, 5.74) is 0.696. The van der Waals surface area contributed by atoms with E-state index in [0.717, 1.165) is 6.08 Å². The number of nitrogens with zero attached hydrogens (tertiary/aromatic N) is 1. The summed E-state index contributed by atoms with van der Waals surface area (Å²) in [7, 11) is -2.15. The first-order valence-electron chi connectivity index (χ1n) is 7.05. The highest BCUT2D eigenvalue weighted by Gasteiger charge is 2.18. The van der Waals surface area contributed by atoms with Gasteiger partial charge in [-0.3, -0.25) is 0 Å². The van der Waals surface area contributed by atoms with Crippen molar-refractivity contribution in [1.82, 2.24) is 0 Å². The second kappa shape index (κ2) is 7.99. The highest BCUT2D eigenvalue weighted by atomic mass is 32.2. The zero-order chi connectivity index (χ0) is 17.4. The van der Waals surface area contributed by atoms with Gasteiger partial charge in [0.2, 0.25) is 9.84 Å². The van der Waals surface area contributed by atoms with Gasteiger partial charge in [-0.15, -0.1) is 0 Å². The smallest absolute Gasteiger partial charge is 0.208 e. The molecule has 0 aliphatic rings. The number of sulfone groups is 1. The van der Waals surface area contributed by atoms with Crippen LogP contribution < -0.4 is 10.1 Å². The molecule has 0 aliphatic carbocycles. The molecule has 1 N–H and O–H groups in total. The Balaban J connectivity index is 2.34. The van der Waals surface area contributed by atoms with Crippen LogP contribution in [0.2, 0.25) is 0 Å². The van der Waals surface area contributed by atoms with Gasteiger partial charge in [0.15, 0.2) is 0 Å². The van der Waals surface area contributed by atoms with Crippen LogP contribution in [0.1, 0.15) is 0 Å². The molecule has 0 aromatic heterocycles. The maximum atomic E-state index is 12.7. The number of methoxy groups -OCH3 is 1. The number of anilines is 1. The Hall–Kier alpha value is -3.04. The van der Waals surface area contributed by atoms with E-state index in [4.69, 9.17) is 10.00 Å². The summed E-state index contributed by atoms with van der Waals surface area (Å²) in [5, 5.41) is 11.6. The minimum Gasteiger partial charge on any atom is -0.497 e. The van der Waals surface area contributed by atoms with Gasteiger partial charge in [-0.2, -0.15) is 5.26 Å². The first kappa shape index (κ1) is 17.3. The second-order valence-corrected chi connectivity index (χ2v) is 6.65. The van der Waals surface area contributed by atoms with E-state index in [1.165, 1.54) is 24.4 Å². The molecule has 6 heteroatoms. The lowest BCUT2D eigenvalue weighted by Gasteiger charge is -2.07. The van der Waals surface area contributed by atoms with Crippen molar-refractivity contribution in [3.05, 3.63) is 77.9 Å². The number of nitrogens with one attached hydrogen (secondary N) is 1. The predicted octanol–water partition coefficient (Wildman–Crippen LogP) is 3.50. The largest absolute Gasteiger partial charge is 0.497 e. The molecule has 0 aliphatic heterocycles.